The topological polar surface area (TPSA) is 28.2 Å². The second kappa shape index (κ2) is 12.9. The van der Waals surface area contributed by atoms with Crippen molar-refractivity contribution in [2.24, 2.45) is 29.1 Å². The van der Waals surface area contributed by atoms with Gasteiger partial charge in [-0.2, -0.15) is 5.26 Å². The Bertz CT molecular complexity index is 4700. The van der Waals surface area contributed by atoms with E-state index in [-0.39, 0.29) is 0 Å². The highest BCUT2D eigenvalue weighted by molar-refractivity contribution is 6.29. The molecular formula is C76H54N2. The number of nitriles is 1. The van der Waals surface area contributed by atoms with Gasteiger partial charge in [0.2, 0.25) is 0 Å². The van der Waals surface area contributed by atoms with E-state index in [2.05, 4.69) is 168 Å². The summed E-state index contributed by atoms with van der Waals surface area (Å²) in [4.78, 5) is 0. The van der Waals surface area contributed by atoms with E-state index < -0.39 is 10.8 Å². The van der Waals surface area contributed by atoms with Crippen molar-refractivity contribution in [3.63, 3.8) is 0 Å². The first-order valence-electron chi connectivity index (χ1n) is 30.0. The Hall–Kier alpha value is -7.73. The van der Waals surface area contributed by atoms with Crippen LogP contribution < -0.4 is 0 Å². The number of hydrogen-bond donors (Lipinski definition) is 0. The van der Waals surface area contributed by atoms with Crippen molar-refractivity contribution in [2.75, 3.05) is 0 Å². The van der Waals surface area contributed by atoms with E-state index in [1.54, 1.807) is 16.7 Å². The Kier molecular flexibility index (Phi) is 6.69. The summed E-state index contributed by atoms with van der Waals surface area (Å²) in [5.41, 5.74) is 33.3. The van der Waals surface area contributed by atoms with Crippen LogP contribution in [0.5, 0.6) is 0 Å². The van der Waals surface area contributed by atoms with Gasteiger partial charge in [0.1, 0.15) is 0 Å². The number of benzene rings is 9. The number of aromatic nitrogens is 1. The summed E-state index contributed by atoms with van der Waals surface area (Å²) in [6.07, 6.45) is 13.3. The molecule has 368 valence electrons. The zero-order chi connectivity index (χ0) is 50.0. The summed E-state index contributed by atoms with van der Waals surface area (Å²) in [5.74, 6) is 5.46. The van der Waals surface area contributed by atoms with Crippen LogP contribution in [0.15, 0.2) is 158 Å². The molecule has 2 nitrogen and oxygen atoms in total. The molecule has 0 amide bonds. The first kappa shape index (κ1) is 40.5. The molecule has 7 bridgehead atoms. The van der Waals surface area contributed by atoms with Crippen LogP contribution in [0.2, 0.25) is 0 Å². The van der Waals surface area contributed by atoms with Gasteiger partial charge in [0.05, 0.1) is 39.0 Å². The predicted molar refractivity (Wildman–Crippen MR) is 312 cm³/mol. The number of hydrogen-bond acceptors (Lipinski definition) is 1. The van der Waals surface area contributed by atoms with Gasteiger partial charge in [-0.15, -0.1) is 0 Å². The van der Waals surface area contributed by atoms with Gasteiger partial charge in [-0.05, 0) is 259 Å². The van der Waals surface area contributed by atoms with Crippen LogP contribution in [0.3, 0.4) is 0 Å². The molecule has 12 aliphatic carbocycles. The van der Waals surface area contributed by atoms with E-state index in [9.17, 15) is 5.26 Å². The van der Waals surface area contributed by atoms with E-state index in [0.717, 1.165) is 29.2 Å². The molecule has 3 spiro atoms. The third-order valence-electron chi connectivity index (χ3n) is 24.8. The molecule has 0 saturated heterocycles. The molecular weight excluding hydrogens is 941 g/mol. The maximum absolute atomic E-state index is 11.6. The molecule has 5 fully saturated rings. The van der Waals surface area contributed by atoms with Crippen molar-refractivity contribution in [1.82, 2.24) is 4.40 Å². The second-order valence-electron chi connectivity index (χ2n) is 27.2. The van der Waals surface area contributed by atoms with Crippen molar-refractivity contribution >= 4 is 38.1 Å². The smallest absolute Gasteiger partial charge is 0.0995 e. The standard InChI is InChI=1S/C76H54N2/c77-37-44-30-65-70(68-41-26-38-23-39(27-41)25-40(24-38)66(44)68)71-72-55(32-56-69-64(78(65)73(56)71)22-21-47-42-28-45-31-46-29-43(67(47)69)36-74(45,46)35-42)54-34-62-53(33-63(54)76(72)60-19-9-3-13-50(60)51-14-4-10-20-61(51)76)52-15-5-8-18-59(52)75(62)57-16-6-1-11-48(57)49-12-2-7-17-58(49)75/h1-22,30,32-34,38-43,45-46H,23-29,31,35-36H2. The van der Waals surface area contributed by atoms with E-state index in [4.69, 9.17) is 0 Å². The summed E-state index contributed by atoms with van der Waals surface area (Å²) in [6.45, 7) is 0. The fourth-order valence-corrected chi connectivity index (χ4v) is 22.8. The lowest BCUT2D eigenvalue weighted by Crippen LogP contribution is -2.41. The maximum atomic E-state index is 11.6. The van der Waals surface area contributed by atoms with Crippen molar-refractivity contribution < 1.29 is 0 Å². The molecule has 0 aliphatic heterocycles. The van der Waals surface area contributed by atoms with Crippen molar-refractivity contribution in [3.05, 3.63) is 230 Å². The molecule has 5 saturated carbocycles. The van der Waals surface area contributed by atoms with E-state index in [0.29, 0.717) is 29.1 Å². The van der Waals surface area contributed by atoms with Crippen LogP contribution in [0, 0.1) is 40.4 Å². The average Bonchev–Trinajstić information content (AvgIpc) is 4.51. The van der Waals surface area contributed by atoms with Gasteiger partial charge >= 0.3 is 0 Å². The summed E-state index contributed by atoms with van der Waals surface area (Å²) in [7, 11) is 0. The van der Waals surface area contributed by atoms with Gasteiger partial charge in [-0.25, -0.2) is 0 Å². The Morgan fingerprint density at radius 2 is 0.923 bits per heavy atom. The van der Waals surface area contributed by atoms with Gasteiger partial charge < -0.3 is 4.40 Å². The minimum atomic E-state index is -0.590. The van der Waals surface area contributed by atoms with E-state index in [1.165, 1.54) is 197 Å². The lowest BCUT2D eigenvalue weighted by molar-refractivity contribution is 0.00322. The highest BCUT2D eigenvalue weighted by Gasteiger charge is 2.66. The first-order chi connectivity index (χ1) is 38.6. The normalized spacial score (nSPS) is 28.5. The highest BCUT2D eigenvalue weighted by Crippen LogP contribution is 2.77. The van der Waals surface area contributed by atoms with Gasteiger partial charge in [-0.3, -0.25) is 0 Å². The van der Waals surface area contributed by atoms with Gasteiger partial charge in [0.25, 0.3) is 0 Å². The quantitative estimate of drug-likeness (QED) is 0.149. The molecule has 9 aromatic carbocycles. The number of nitrogens with zero attached hydrogens (tertiary/aromatic N) is 2. The zero-order valence-electron chi connectivity index (χ0n) is 43.6. The van der Waals surface area contributed by atoms with Crippen LogP contribution in [-0.4, -0.2) is 4.40 Å². The molecule has 2 aromatic heterocycles. The molecule has 78 heavy (non-hydrogen) atoms. The van der Waals surface area contributed by atoms with Crippen molar-refractivity contribution in [1.29, 1.82) is 5.26 Å². The molecule has 12 aliphatic rings. The molecule has 11 aromatic rings. The fraction of sp³-hybridized carbons (Fsp3) is 0.276. The lowest BCUT2D eigenvalue weighted by Gasteiger charge is -2.48. The van der Waals surface area contributed by atoms with E-state index in [1.807, 2.05) is 0 Å². The van der Waals surface area contributed by atoms with Gasteiger partial charge in [0.15, 0.2) is 0 Å². The minimum absolute atomic E-state index is 0.447. The summed E-state index contributed by atoms with van der Waals surface area (Å²) in [6, 6.07) is 66.2. The van der Waals surface area contributed by atoms with Crippen LogP contribution in [0.4, 0.5) is 0 Å². The molecule has 2 heteroatoms. The zero-order valence-corrected chi connectivity index (χ0v) is 43.6. The maximum Gasteiger partial charge on any atom is 0.0995 e. The Labute approximate surface area is 453 Å². The highest BCUT2D eigenvalue weighted by atomic mass is 14.9. The van der Waals surface area contributed by atoms with Crippen LogP contribution in [0.1, 0.15) is 160 Å². The second-order valence-corrected chi connectivity index (χ2v) is 27.2. The van der Waals surface area contributed by atoms with Crippen LogP contribution in [0.25, 0.3) is 82.6 Å². The molecule has 0 radical (unpaired) electrons. The molecule has 7 unspecified atom stereocenters. The largest absolute Gasteiger partial charge is 0.308 e. The average molecular weight is 995 g/mol. The number of fused-ring (bicyclic) bond motifs is 33. The van der Waals surface area contributed by atoms with Gasteiger partial charge in [0, 0.05) is 21.5 Å². The van der Waals surface area contributed by atoms with Crippen molar-refractivity contribution in [3.8, 4) is 50.6 Å². The fourth-order valence-electron chi connectivity index (χ4n) is 22.8. The minimum Gasteiger partial charge on any atom is -0.308 e. The Morgan fingerprint density at radius 1 is 0.397 bits per heavy atom. The molecule has 23 rings (SSSR count). The molecule has 0 N–H and O–H groups in total. The van der Waals surface area contributed by atoms with Crippen LogP contribution >= 0.6 is 0 Å². The third-order valence-corrected chi connectivity index (χ3v) is 24.8. The Morgan fingerprint density at radius 3 is 1.54 bits per heavy atom. The van der Waals surface area contributed by atoms with Crippen molar-refractivity contribution in [2.45, 2.75) is 98.7 Å². The summed E-state index contributed by atoms with van der Waals surface area (Å²) < 4.78 is 2.78. The number of rotatable bonds is 0. The lowest BCUT2D eigenvalue weighted by atomic mass is 9.56. The molecule has 7 atom stereocenters. The van der Waals surface area contributed by atoms with Gasteiger partial charge in [-0.1, -0.05) is 127 Å². The predicted octanol–water partition coefficient (Wildman–Crippen LogP) is 18.2. The SMILES string of the molecule is N#Cc1cc2c(c3c1C1CC4CC(C1)CC3C4)c1c3c(cc4c5c6c(ccc5n2c41)C1CC2CC4CC6CC24C1)-c1cc2c(cc1C31c3ccccc3-c3ccccc31)-c1ccccc1C21c2ccccc2-c2ccccc21. The monoisotopic (exact) mass is 994 g/mol. The first-order valence-corrected chi connectivity index (χ1v) is 30.0. The third kappa shape index (κ3) is 4.05. The van der Waals surface area contributed by atoms with Crippen LogP contribution in [-0.2, 0) is 10.8 Å². The molecule has 2 heterocycles. The Balaban J connectivity index is 0.973. The van der Waals surface area contributed by atoms with E-state index >= 15 is 0 Å². The summed E-state index contributed by atoms with van der Waals surface area (Å²) in [5, 5.41) is 17.6. The summed E-state index contributed by atoms with van der Waals surface area (Å²) >= 11 is 0.